The van der Waals surface area contributed by atoms with Crippen molar-refractivity contribution in [2.45, 2.75) is 19.3 Å². The largest absolute Gasteiger partial charge is 0.299 e. The molecule has 0 spiro atoms. The standard InChI is InChI=1S/C34H24N2/c1-34(2)29-12-6-5-10-24(29)25-16-14-22(20-30(25)34)21-15-17-27-28(19-21)23-9-3-4-11-26(23)32-33(27)36-18-8-7-13-31(36)35-32/h3-20H,1-2H3. The quantitative estimate of drug-likeness (QED) is 0.224. The van der Waals surface area contributed by atoms with E-state index in [0.717, 1.165) is 11.2 Å². The molecule has 0 fully saturated rings. The van der Waals surface area contributed by atoms with E-state index in [1.54, 1.807) is 0 Å². The monoisotopic (exact) mass is 460 g/mol. The highest BCUT2D eigenvalue weighted by molar-refractivity contribution is 6.24. The first-order chi connectivity index (χ1) is 17.6. The number of aromatic nitrogens is 2. The first-order valence-electron chi connectivity index (χ1n) is 12.6. The predicted molar refractivity (Wildman–Crippen MR) is 151 cm³/mol. The smallest absolute Gasteiger partial charge is 0.137 e. The van der Waals surface area contributed by atoms with Crippen LogP contribution < -0.4 is 0 Å². The van der Waals surface area contributed by atoms with E-state index in [0.29, 0.717) is 0 Å². The minimum absolute atomic E-state index is 0.00579. The van der Waals surface area contributed by atoms with Gasteiger partial charge in [-0.15, -0.1) is 0 Å². The van der Waals surface area contributed by atoms with Gasteiger partial charge in [0, 0.05) is 22.4 Å². The summed E-state index contributed by atoms with van der Waals surface area (Å²) in [5.74, 6) is 0. The fourth-order valence-electron chi connectivity index (χ4n) is 6.40. The number of hydrogen-bond donors (Lipinski definition) is 0. The Balaban J connectivity index is 1.41. The number of fused-ring (bicyclic) bond motifs is 11. The van der Waals surface area contributed by atoms with Crippen molar-refractivity contribution < 1.29 is 0 Å². The van der Waals surface area contributed by atoms with Crippen LogP contribution >= 0.6 is 0 Å². The zero-order valence-electron chi connectivity index (χ0n) is 20.3. The summed E-state index contributed by atoms with van der Waals surface area (Å²) in [6.45, 7) is 4.69. The Morgan fingerprint density at radius 3 is 2.22 bits per heavy atom. The van der Waals surface area contributed by atoms with Crippen LogP contribution in [0, 0.1) is 0 Å². The second-order valence-electron chi connectivity index (χ2n) is 10.5. The molecule has 0 saturated carbocycles. The summed E-state index contributed by atoms with van der Waals surface area (Å²) >= 11 is 0. The maximum atomic E-state index is 5.01. The SMILES string of the molecule is CC1(C)c2ccccc2-c2ccc(-c3ccc4c(c3)c3ccccc3c3nc5ccccn5c43)cc21. The minimum Gasteiger partial charge on any atom is -0.299 e. The molecule has 5 aromatic carbocycles. The van der Waals surface area contributed by atoms with Crippen LogP contribution in [0.5, 0.6) is 0 Å². The highest BCUT2D eigenvalue weighted by Gasteiger charge is 2.35. The van der Waals surface area contributed by atoms with Crippen LogP contribution in [0.3, 0.4) is 0 Å². The number of imidazole rings is 1. The zero-order valence-corrected chi connectivity index (χ0v) is 20.3. The normalized spacial score (nSPS) is 14.1. The molecule has 2 nitrogen and oxygen atoms in total. The predicted octanol–water partition coefficient (Wildman–Crippen LogP) is 8.77. The van der Waals surface area contributed by atoms with E-state index in [-0.39, 0.29) is 5.41 Å². The Bertz CT molecular complexity index is 2020. The molecule has 2 heterocycles. The van der Waals surface area contributed by atoms with Crippen LogP contribution in [0.4, 0.5) is 0 Å². The van der Waals surface area contributed by atoms with E-state index in [4.69, 9.17) is 4.98 Å². The van der Waals surface area contributed by atoms with E-state index in [9.17, 15) is 0 Å². The number of rotatable bonds is 1. The van der Waals surface area contributed by atoms with Gasteiger partial charge in [0.15, 0.2) is 0 Å². The minimum atomic E-state index is -0.00579. The summed E-state index contributed by atoms with van der Waals surface area (Å²) in [4.78, 5) is 5.01. The van der Waals surface area contributed by atoms with Crippen molar-refractivity contribution in [3.63, 3.8) is 0 Å². The summed E-state index contributed by atoms with van der Waals surface area (Å²) in [5.41, 5.74) is 11.3. The average Bonchev–Trinajstić information content (AvgIpc) is 3.42. The topological polar surface area (TPSA) is 17.3 Å². The van der Waals surface area contributed by atoms with Crippen LogP contribution in [0.1, 0.15) is 25.0 Å². The third-order valence-electron chi connectivity index (χ3n) is 8.19. The third kappa shape index (κ3) is 2.48. The zero-order chi connectivity index (χ0) is 24.0. The highest BCUT2D eigenvalue weighted by atomic mass is 15.0. The number of benzene rings is 5. The van der Waals surface area contributed by atoms with Crippen molar-refractivity contribution in [1.82, 2.24) is 9.38 Å². The summed E-state index contributed by atoms with van der Waals surface area (Å²) in [7, 11) is 0. The average molecular weight is 461 g/mol. The van der Waals surface area contributed by atoms with Crippen LogP contribution in [0.15, 0.2) is 109 Å². The van der Waals surface area contributed by atoms with Gasteiger partial charge in [0.05, 0.1) is 11.0 Å². The van der Waals surface area contributed by atoms with Gasteiger partial charge in [0.2, 0.25) is 0 Å². The van der Waals surface area contributed by atoms with Gasteiger partial charge in [-0.2, -0.15) is 0 Å². The van der Waals surface area contributed by atoms with Crippen LogP contribution in [0.2, 0.25) is 0 Å². The van der Waals surface area contributed by atoms with Crippen molar-refractivity contribution in [3.05, 3.63) is 120 Å². The van der Waals surface area contributed by atoms with Gasteiger partial charge in [0.25, 0.3) is 0 Å². The fraction of sp³-hybridized carbons (Fsp3) is 0.0882. The van der Waals surface area contributed by atoms with Crippen molar-refractivity contribution in [2.75, 3.05) is 0 Å². The number of nitrogens with zero attached hydrogens (tertiary/aromatic N) is 2. The molecule has 2 heteroatoms. The summed E-state index contributed by atoms with van der Waals surface area (Å²) < 4.78 is 2.22. The molecule has 1 aliphatic rings. The number of hydrogen-bond acceptors (Lipinski definition) is 1. The van der Waals surface area contributed by atoms with Crippen LogP contribution in [-0.4, -0.2) is 9.38 Å². The van der Waals surface area contributed by atoms with Gasteiger partial charge < -0.3 is 0 Å². The highest BCUT2D eigenvalue weighted by Crippen LogP contribution is 2.49. The molecule has 7 aromatic rings. The van der Waals surface area contributed by atoms with Gasteiger partial charge in [-0.25, -0.2) is 4.98 Å². The van der Waals surface area contributed by atoms with Gasteiger partial charge in [0.1, 0.15) is 5.65 Å². The molecule has 8 rings (SSSR count). The third-order valence-corrected chi connectivity index (χ3v) is 8.19. The Morgan fingerprint density at radius 1 is 0.583 bits per heavy atom. The second-order valence-corrected chi connectivity index (χ2v) is 10.5. The molecule has 0 saturated heterocycles. The molecular weight excluding hydrogens is 436 g/mol. The Kier molecular flexibility index (Phi) is 3.76. The van der Waals surface area contributed by atoms with E-state index in [1.807, 2.05) is 0 Å². The first-order valence-corrected chi connectivity index (χ1v) is 12.6. The molecular formula is C34H24N2. The molecule has 0 bridgehead atoms. The maximum Gasteiger partial charge on any atom is 0.137 e. The fourth-order valence-corrected chi connectivity index (χ4v) is 6.40. The Hall–Kier alpha value is -4.43. The molecule has 170 valence electrons. The second kappa shape index (κ2) is 6.83. The lowest BCUT2D eigenvalue weighted by Crippen LogP contribution is -2.14. The van der Waals surface area contributed by atoms with E-state index in [1.165, 1.54) is 60.4 Å². The van der Waals surface area contributed by atoms with E-state index < -0.39 is 0 Å². The lowest BCUT2D eigenvalue weighted by molar-refractivity contribution is 0.660. The molecule has 0 unspecified atom stereocenters. The molecule has 1 aliphatic carbocycles. The number of pyridine rings is 1. The molecule has 0 aliphatic heterocycles. The summed E-state index contributed by atoms with van der Waals surface area (Å²) in [6, 6.07) is 37.7. The molecule has 0 atom stereocenters. The van der Waals surface area contributed by atoms with Gasteiger partial charge in [-0.1, -0.05) is 92.7 Å². The lowest BCUT2D eigenvalue weighted by atomic mass is 9.81. The lowest BCUT2D eigenvalue weighted by Gasteiger charge is -2.22. The van der Waals surface area contributed by atoms with E-state index >= 15 is 0 Å². The van der Waals surface area contributed by atoms with Gasteiger partial charge >= 0.3 is 0 Å². The van der Waals surface area contributed by atoms with Crippen LogP contribution in [0.25, 0.3) is 60.5 Å². The molecule has 0 radical (unpaired) electrons. The molecule has 0 amide bonds. The molecule has 2 aromatic heterocycles. The van der Waals surface area contributed by atoms with Crippen LogP contribution in [-0.2, 0) is 5.41 Å². The first kappa shape index (κ1) is 19.8. The van der Waals surface area contributed by atoms with E-state index in [2.05, 4.69) is 128 Å². The van der Waals surface area contributed by atoms with Crippen molar-refractivity contribution in [1.29, 1.82) is 0 Å². The summed E-state index contributed by atoms with van der Waals surface area (Å²) in [6.07, 6.45) is 2.12. The van der Waals surface area contributed by atoms with Crippen molar-refractivity contribution >= 4 is 38.2 Å². The van der Waals surface area contributed by atoms with Gasteiger partial charge in [-0.3, -0.25) is 4.40 Å². The molecule has 0 N–H and O–H groups in total. The van der Waals surface area contributed by atoms with Crippen molar-refractivity contribution in [3.8, 4) is 22.3 Å². The Labute approximate surface area is 209 Å². The summed E-state index contributed by atoms with van der Waals surface area (Å²) in [5, 5.41) is 4.95. The molecule has 36 heavy (non-hydrogen) atoms. The Morgan fingerprint density at radius 2 is 1.31 bits per heavy atom. The van der Waals surface area contributed by atoms with Crippen molar-refractivity contribution in [2.24, 2.45) is 0 Å². The van der Waals surface area contributed by atoms with Gasteiger partial charge in [-0.05, 0) is 68.4 Å². The maximum absolute atomic E-state index is 5.01.